The van der Waals surface area contributed by atoms with Gasteiger partial charge in [-0.25, -0.2) is 9.50 Å². The normalized spacial score (nSPS) is 11.0. The van der Waals surface area contributed by atoms with Gasteiger partial charge in [-0.2, -0.15) is 0 Å². The average Bonchev–Trinajstić information content (AvgIpc) is 3.27. The van der Waals surface area contributed by atoms with Crippen LogP contribution in [0.5, 0.6) is 0 Å². The Balaban J connectivity index is 0.00000205. The molecule has 0 aliphatic carbocycles. The summed E-state index contributed by atoms with van der Waals surface area (Å²) in [6.45, 7) is 6.31. The second kappa shape index (κ2) is 7.67. The van der Waals surface area contributed by atoms with Crippen LogP contribution in [0.4, 0.5) is 11.5 Å². The monoisotopic (exact) mass is 389 g/mol. The van der Waals surface area contributed by atoms with Crippen molar-refractivity contribution in [3.05, 3.63) is 77.5 Å². The number of rotatable bonds is 3. The van der Waals surface area contributed by atoms with Gasteiger partial charge in [-0.05, 0) is 61.5 Å². The maximum absolute atomic E-state index is 4.76. The number of aryl methyl sites for hydroxylation is 3. The molecule has 0 radical (unpaired) electrons. The Morgan fingerprint density at radius 3 is 2.59 bits per heavy atom. The number of imidazole rings is 1. The molecule has 0 bridgehead atoms. The van der Waals surface area contributed by atoms with Crippen LogP contribution < -0.4 is 39.9 Å². The molecule has 0 aliphatic rings. The number of anilines is 2. The molecular formula is C23H20N5Na. The number of fused-ring (bicyclic) bond motifs is 2. The van der Waals surface area contributed by atoms with Crippen molar-refractivity contribution in [3.63, 3.8) is 0 Å². The van der Waals surface area contributed by atoms with Crippen molar-refractivity contribution in [2.45, 2.75) is 20.8 Å². The molecule has 0 saturated carbocycles. The molecule has 0 aliphatic heterocycles. The summed E-state index contributed by atoms with van der Waals surface area (Å²) in [4.78, 5) is 9.25. The maximum Gasteiger partial charge on any atom is 1.00 e. The van der Waals surface area contributed by atoms with Gasteiger partial charge in [0.2, 0.25) is 0 Å². The zero-order valence-corrected chi connectivity index (χ0v) is 19.1. The fourth-order valence-corrected chi connectivity index (χ4v) is 3.41. The molecule has 0 atom stereocenters. The fraction of sp³-hybridized carbons (Fsp3) is 0.130. The molecule has 0 amide bonds. The Labute approximate surface area is 191 Å². The van der Waals surface area contributed by atoms with Crippen LogP contribution in [0.25, 0.3) is 27.9 Å². The van der Waals surface area contributed by atoms with Crippen LogP contribution in [0.3, 0.4) is 0 Å². The topological polar surface area (TPSA) is 56.3 Å². The first kappa shape index (κ1) is 19.7. The molecule has 5 aromatic rings. The Morgan fingerprint density at radius 1 is 0.897 bits per heavy atom. The minimum Gasteiger partial charge on any atom is -0.656 e. The van der Waals surface area contributed by atoms with E-state index in [9.17, 15) is 0 Å². The van der Waals surface area contributed by atoms with Crippen LogP contribution in [0, 0.1) is 20.8 Å². The van der Waals surface area contributed by atoms with E-state index in [4.69, 9.17) is 10.1 Å². The molecular weight excluding hydrogens is 369 g/mol. The third-order valence-corrected chi connectivity index (χ3v) is 5.12. The van der Waals surface area contributed by atoms with Crippen molar-refractivity contribution in [2.75, 3.05) is 5.32 Å². The van der Waals surface area contributed by atoms with Crippen LogP contribution in [-0.4, -0.2) is 14.6 Å². The minimum absolute atomic E-state index is 0. The largest absolute Gasteiger partial charge is 1.00 e. The number of aromatic nitrogens is 4. The molecule has 1 N–H and O–H groups in total. The van der Waals surface area contributed by atoms with Crippen molar-refractivity contribution in [3.8, 4) is 11.4 Å². The smallest absolute Gasteiger partial charge is 0.656 e. The second-order valence-electron chi connectivity index (χ2n) is 7.26. The zero-order chi connectivity index (χ0) is 19.3. The van der Waals surface area contributed by atoms with E-state index in [0.29, 0.717) is 0 Å². The van der Waals surface area contributed by atoms with Gasteiger partial charge < -0.3 is 10.3 Å². The van der Waals surface area contributed by atoms with Gasteiger partial charge in [-0.1, -0.05) is 35.9 Å². The molecule has 29 heavy (non-hydrogen) atoms. The Hall–Kier alpha value is -2.60. The Bertz CT molecular complexity index is 1330. The number of hydrogen-bond acceptors (Lipinski definition) is 3. The summed E-state index contributed by atoms with van der Waals surface area (Å²) < 4.78 is 1.84. The summed E-state index contributed by atoms with van der Waals surface area (Å²) >= 11 is 0. The quantitative estimate of drug-likeness (QED) is 0.481. The Morgan fingerprint density at radius 2 is 1.76 bits per heavy atom. The standard InChI is InChI=1S/C23H20N5.Na/c1-14-4-7-19-17(10-14)12-20(26-19)21-13-24-23-9-8-22(27-28(21)23)25-18-6-5-15(2)16(3)11-18;/h4-13H,1-3H3,(H,25,27);/q-1;+1. The van der Waals surface area contributed by atoms with Crippen LogP contribution in [0.15, 0.2) is 60.8 Å². The van der Waals surface area contributed by atoms with Gasteiger partial charge in [-0.15, -0.1) is 16.3 Å². The van der Waals surface area contributed by atoms with Gasteiger partial charge in [-0.3, -0.25) is 0 Å². The van der Waals surface area contributed by atoms with Gasteiger partial charge in [0.15, 0.2) is 11.5 Å². The van der Waals surface area contributed by atoms with Crippen LogP contribution >= 0.6 is 0 Å². The van der Waals surface area contributed by atoms with E-state index in [1.54, 1.807) is 0 Å². The van der Waals surface area contributed by atoms with Crippen molar-refractivity contribution >= 4 is 28.1 Å². The molecule has 6 heteroatoms. The molecule has 138 valence electrons. The molecule has 0 spiro atoms. The first-order valence-electron chi connectivity index (χ1n) is 9.30. The van der Waals surface area contributed by atoms with E-state index in [1.165, 1.54) is 16.7 Å². The van der Waals surface area contributed by atoms with Gasteiger partial charge in [0.1, 0.15) is 0 Å². The number of hydrogen-bond donors (Lipinski definition) is 1. The van der Waals surface area contributed by atoms with Crippen molar-refractivity contribution in [2.24, 2.45) is 0 Å². The van der Waals surface area contributed by atoms with Gasteiger partial charge >= 0.3 is 29.6 Å². The van der Waals surface area contributed by atoms with Crippen molar-refractivity contribution in [1.82, 2.24) is 19.6 Å². The third-order valence-electron chi connectivity index (χ3n) is 5.12. The van der Waals surface area contributed by atoms with Gasteiger partial charge in [0.25, 0.3) is 0 Å². The van der Waals surface area contributed by atoms with Crippen molar-refractivity contribution in [1.29, 1.82) is 0 Å². The van der Waals surface area contributed by atoms with Crippen LogP contribution in [0.2, 0.25) is 0 Å². The van der Waals surface area contributed by atoms with E-state index in [-0.39, 0.29) is 29.6 Å². The van der Waals surface area contributed by atoms with Crippen LogP contribution in [-0.2, 0) is 0 Å². The molecule has 0 fully saturated rings. The summed E-state index contributed by atoms with van der Waals surface area (Å²) in [6, 6.07) is 18.6. The zero-order valence-electron chi connectivity index (χ0n) is 17.1. The maximum atomic E-state index is 4.76. The molecule has 3 aromatic heterocycles. The van der Waals surface area contributed by atoms with Crippen LogP contribution in [0.1, 0.15) is 16.7 Å². The fourth-order valence-electron chi connectivity index (χ4n) is 3.41. The van der Waals surface area contributed by atoms with E-state index in [0.717, 1.165) is 39.4 Å². The molecule has 5 nitrogen and oxygen atoms in total. The number of nitrogens with zero attached hydrogens (tertiary/aromatic N) is 4. The summed E-state index contributed by atoms with van der Waals surface area (Å²) in [6.07, 6.45) is 1.83. The average molecular weight is 389 g/mol. The van der Waals surface area contributed by atoms with E-state index >= 15 is 0 Å². The summed E-state index contributed by atoms with van der Waals surface area (Å²) in [7, 11) is 0. The van der Waals surface area contributed by atoms with E-state index < -0.39 is 0 Å². The number of nitrogens with one attached hydrogen (secondary N) is 1. The minimum atomic E-state index is 0. The number of benzene rings is 2. The molecule has 2 aromatic carbocycles. The van der Waals surface area contributed by atoms with E-state index in [2.05, 4.69) is 73.5 Å². The predicted octanol–water partition coefficient (Wildman–Crippen LogP) is 2.18. The van der Waals surface area contributed by atoms with Crippen molar-refractivity contribution < 1.29 is 29.6 Å². The summed E-state index contributed by atoms with van der Waals surface area (Å²) in [5.41, 5.74) is 8.31. The Kier molecular flexibility index (Phi) is 5.21. The molecule has 3 heterocycles. The molecule has 0 unspecified atom stereocenters. The third kappa shape index (κ3) is 3.69. The SMILES string of the molecule is Cc1ccc2[n-]c(-c3cnc4ccc(Nc5ccc(C)c(C)c5)nn34)cc2c1.[Na+]. The van der Waals surface area contributed by atoms with Gasteiger partial charge in [0.05, 0.1) is 11.9 Å². The first-order chi connectivity index (χ1) is 13.6. The van der Waals surface area contributed by atoms with Gasteiger partial charge in [0, 0.05) is 5.69 Å². The van der Waals surface area contributed by atoms with E-state index in [1.807, 2.05) is 22.8 Å². The summed E-state index contributed by atoms with van der Waals surface area (Å²) in [5.74, 6) is 0.766. The molecule has 5 rings (SSSR count). The second-order valence-corrected chi connectivity index (χ2v) is 7.26. The predicted molar refractivity (Wildman–Crippen MR) is 113 cm³/mol. The first-order valence-corrected chi connectivity index (χ1v) is 9.30. The molecule has 0 saturated heterocycles. The summed E-state index contributed by atoms with van der Waals surface area (Å²) in [5, 5.41) is 9.27.